The van der Waals surface area contributed by atoms with Crippen molar-refractivity contribution in [1.29, 1.82) is 0 Å². The van der Waals surface area contributed by atoms with E-state index in [4.69, 9.17) is 9.84 Å². The molecule has 2 aromatic carbocycles. The summed E-state index contributed by atoms with van der Waals surface area (Å²) >= 11 is 0. The average Bonchev–Trinajstić information content (AvgIpc) is 3.24. The number of aromatic nitrogens is 4. The molecule has 0 atom stereocenters. The number of H-pyrrole nitrogens is 1. The molecule has 1 N–H and O–H groups in total. The molecule has 5 rings (SSSR count). The minimum absolute atomic E-state index is 0.585. The number of benzene rings is 2. The molecule has 0 spiro atoms. The van der Waals surface area contributed by atoms with Crippen molar-refractivity contribution in [3.05, 3.63) is 85.2 Å². The highest BCUT2D eigenvalue weighted by molar-refractivity contribution is 6.02. The van der Waals surface area contributed by atoms with Gasteiger partial charge in [-0.1, -0.05) is 36.4 Å². The number of rotatable bonds is 5. The molecule has 0 aliphatic carbocycles. The van der Waals surface area contributed by atoms with E-state index in [0.717, 1.165) is 50.4 Å². The Hall–Kier alpha value is -3.99. The van der Waals surface area contributed by atoms with Crippen molar-refractivity contribution in [2.75, 3.05) is 6.61 Å². The van der Waals surface area contributed by atoms with Gasteiger partial charge in [0.2, 0.25) is 0 Å². The van der Waals surface area contributed by atoms with Gasteiger partial charge in [-0.3, -0.25) is 15.1 Å². The summed E-state index contributed by atoms with van der Waals surface area (Å²) < 4.78 is 5.90. The van der Waals surface area contributed by atoms with Crippen LogP contribution in [0.3, 0.4) is 0 Å². The summed E-state index contributed by atoms with van der Waals surface area (Å²) in [6.45, 7) is 2.57. The Labute approximate surface area is 174 Å². The summed E-state index contributed by atoms with van der Waals surface area (Å²) in [4.78, 5) is 9.10. The van der Waals surface area contributed by atoms with Gasteiger partial charge in [-0.05, 0) is 48.9 Å². The maximum atomic E-state index is 5.90. The quantitative estimate of drug-likeness (QED) is 0.413. The van der Waals surface area contributed by atoms with Crippen LogP contribution in [0.5, 0.6) is 5.75 Å². The number of nitrogens with zero attached hydrogens (tertiary/aromatic N) is 3. The zero-order valence-electron chi connectivity index (χ0n) is 16.5. The molecule has 0 unspecified atom stereocenters. The van der Waals surface area contributed by atoms with Crippen LogP contribution in [0.1, 0.15) is 6.92 Å². The minimum atomic E-state index is 0.585. The van der Waals surface area contributed by atoms with E-state index in [2.05, 4.69) is 21.1 Å². The summed E-state index contributed by atoms with van der Waals surface area (Å²) in [6, 6.07) is 24.0. The molecule has 30 heavy (non-hydrogen) atoms. The van der Waals surface area contributed by atoms with Gasteiger partial charge in [0.05, 0.1) is 23.5 Å². The van der Waals surface area contributed by atoms with Gasteiger partial charge < -0.3 is 4.74 Å². The largest absolute Gasteiger partial charge is 0.493 e. The lowest BCUT2D eigenvalue weighted by Gasteiger charge is -2.12. The molecule has 0 aliphatic heterocycles. The summed E-state index contributed by atoms with van der Waals surface area (Å²) in [7, 11) is 0. The molecule has 0 fully saturated rings. The van der Waals surface area contributed by atoms with Crippen molar-refractivity contribution in [2.45, 2.75) is 6.92 Å². The molecular weight excluding hydrogens is 372 g/mol. The molecule has 0 saturated carbocycles. The smallest absolute Gasteiger partial charge is 0.128 e. The maximum absolute atomic E-state index is 5.90. The Balaban J connectivity index is 1.83. The number of aromatic amines is 1. The van der Waals surface area contributed by atoms with E-state index in [1.165, 1.54) is 0 Å². The van der Waals surface area contributed by atoms with E-state index in [9.17, 15) is 0 Å². The zero-order valence-corrected chi connectivity index (χ0v) is 16.5. The normalized spacial score (nSPS) is 11.0. The van der Waals surface area contributed by atoms with Crippen LogP contribution < -0.4 is 4.74 Å². The van der Waals surface area contributed by atoms with Gasteiger partial charge in [0, 0.05) is 28.9 Å². The predicted octanol–water partition coefficient (Wildman–Crippen LogP) is 5.75. The van der Waals surface area contributed by atoms with Crippen LogP contribution in [-0.4, -0.2) is 26.8 Å². The monoisotopic (exact) mass is 392 g/mol. The first-order valence-electron chi connectivity index (χ1n) is 9.93. The molecule has 0 aliphatic rings. The lowest BCUT2D eigenvalue weighted by atomic mass is 9.94. The molecule has 5 heteroatoms. The summed E-state index contributed by atoms with van der Waals surface area (Å²) in [5.41, 5.74) is 6.45. The Morgan fingerprint density at radius 3 is 2.50 bits per heavy atom. The summed E-state index contributed by atoms with van der Waals surface area (Å²) in [6.07, 6.45) is 3.63. The molecule has 0 saturated heterocycles. The van der Waals surface area contributed by atoms with Crippen LogP contribution in [0.2, 0.25) is 0 Å². The van der Waals surface area contributed by atoms with Crippen molar-refractivity contribution in [1.82, 2.24) is 20.2 Å². The van der Waals surface area contributed by atoms with E-state index < -0.39 is 0 Å². The van der Waals surface area contributed by atoms with E-state index >= 15 is 0 Å². The van der Waals surface area contributed by atoms with Gasteiger partial charge >= 0.3 is 0 Å². The second-order valence-electron chi connectivity index (χ2n) is 6.84. The molecular formula is C25H20N4O. The Bertz CT molecular complexity index is 1310. The molecule has 3 aromatic heterocycles. The fourth-order valence-corrected chi connectivity index (χ4v) is 3.75. The van der Waals surface area contributed by atoms with Crippen LogP contribution in [-0.2, 0) is 0 Å². The van der Waals surface area contributed by atoms with Gasteiger partial charge in [0.1, 0.15) is 11.4 Å². The third-order valence-electron chi connectivity index (χ3n) is 5.05. The van der Waals surface area contributed by atoms with Gasteiger partial charge in [-0.2, -0.15) is 5.10 Å². The molecule has 3 heterocycles. The standard InChI is InChI=1S/C25H20N4O/c1-2-30-22-13-6-4-10-19(22)24-23(25(29-28-24)21-12-7-8-15-26-21)18-14-16-27-20-11-5-3-9-17(18)20/h3-16H,2H2,1H3,(H,28,29). The third kappa shape index (κ3) is 3.10. The number of pyridine rings is 2. The Morgan fingerprint density at radius 2 is 1.63 bits per heavy atom. The van der Waals surface area contributed by atoms with Crippen LogP contribution in [0.25, 0.3) is 44.7 Å². The molecule has 5 aromatic rings. The van der Waals surface area contributed by atoms with Crippen molar-refractivity contribution < 1.29 is 4.74 Å². The second-order valence-corrected chi connectivity index (χ2v) is 6.84. The number of fused-ring (bicyclic) bond motifs is 1. The maximum Gasteiger partial charge on any atom is 0.128 e. The van der Waals surface area contributed by atoms with Crippen molar-refractivity contribution >= 4 is 10.9 Å². The van der Waals surface area contributed by atoms with Crippen LogP contribution in [0, 0.1) is 0 Å². The molecule has 5 nitrogen and oxygen atoms in total. The first kappa shape index (κ1) is 18.1. The topological polar surface area (TPSA) is 63.7 Å². The highest BCUT2D eigenvalue weighted by Crippen LogP contribution is 2.42. The lowest BCUT2D eigenvalue weighted by molar-refractivity contribution is 0.341. The van der Waals surface area contributed by atoms with E-state index in [-0.39, 0.29) is 0 Å². The van der Waals surface area contributed by atoms with Crippen LogP contribution in [0.15, 0.2) is 85.2 Å². The van der Waals surface area contributed by atoms with Gasteiger partial charge in [-0.25, -0.2) is 0 Å². The fraction of sp³-hybridized carbons (Fsp3) is 0.0800. The summed E-state index contributed by atoms with van der Waals surface area (Å²) in [5, 5.41) is 9.02. The number of ether oxygens (including phenoxy) is 1. The van der Waals surface area contributed by atoms with Gasteiger partial charge in [0.25, 0.3) is 0 Å². The van der Waals surface area contributed by atoms with Crippen molar-refractivity contribution in [2.24, 2.45) is 0 Å². The molecule has 146 valence electrons. The van der Waals surface area contributed by atoms with Gasteiger partial charge in [0.15, 0.2) is 0 Å². The van der Waals surface area contributed by atoms with Crippen LogP contribution >= 0.6 is 0 Å². The van der Waals surface area contributed by atoms with Gasteiger partial charge in [-0.15, -0.1) is 0 Å². The SMILES string of the molecule is CCOc1ccccc1-c1n[nH]c(-c2ccccn2)c1-c1ccnc2ccccc12. The van der Waals surface area contributed by atoms with E-state index in [1.54, 1.807) is 6.20 Å². The molecule has 0 radical (unpaired) electrons. The van der Waals surface area contributed by atoms with Crippen molar-refractivity contribution in [3.8, 4) is 39.5 Å². The second kappa shape index (κ2) is 7.79. The third-order valence-corrected chi connectivity index (χ3v) is 5.05. The zero-order chi connectivity index (χ0) is 20.3. The number of hydrogen-bond donors (Lipinski definition) is 1. The molecule has 0 amide bonds. The number of nitrogens with one attached hydrogen (secondary N) is 1. The first-order chi connectivity index (χ1) is 14.9. The Morgan fingerprint density at radius 1 is 0.800 bits per heavy atom. The summed E-state index contributed by atoms with van der Waals surface area (Å²) in [5.74, 6) is 0.804. The average molecular weight is 392 g/mol. The fourth-order valence-electron chi connectivity index (χ4n) is 3.75. The van der Waals surface area contributed by atoms with Crippen molar-refractivity contribution in [3.63, 3.8) is 0 Å². The highest BCUT2D eigenvalue weighted by atomic mass is 16.5. The number of hydrogen-bond acceptors (Lipinski definition) is 4. The first-order valence-corrected chi connectivity index (χ1v) is 9.93. The molecule has 0 bridgehead atoms. The van der Waals surface area contributed by atoms with Crippen LogP contribution in [0.4, 0.5) is 0 Å². The predicted molar refractivity (Wildman–Crippen MR) is 119 cm³/mol. The minimum Gasteiger partial charge on any atom is -0.493 e. The number of para-hydroxylation sites is 2. The van der Waals surface area contributed by atoms with E-state index in [1.807, 2.05) is 79.9 Å². The van der Waals surface area contributed by atoms with E-state index in [0.29, 0.717) is 6.61 Å². The highest BCUT2D eigenvalue weighted by Gasteiger charge is 2.22. The Kier molecular flexibility index (Phi) is 4.69. The lowest BCUT2D eigenvalue weighted by Crippen LogP contribution is -1.95.